The van der Waals surface area contributed by atoms with E-state index in [9.17, 15) is 4.21 Å². The van der Waals surface area contributed by atoms with Gasteiger partial charge in [-0.3, -0.25) is 0 Å². The Morgan fingerprint density at radius 1 is 1.04 bits per heavy atom. The van der Waals surface area contributed by atoms with Crippen LogP contribution in [0.2, 0.25) is 37.8 Å². The van der Waals surface area contributed by atoms with Crippen LogP contribution in [-0.2, 0) is 15.4 Å². The molecule has 0 spiro atoms. The van der Waals surface area contributed by atoms with Crippen LogP contribution >= 0.6 is 0 Å². The lowest BCUT2D eigenvalue weighted by Crippen LogP contribution is -2.51. The van der Waals surface area contributed by atoms with Crippen molar-refractivity contribution in [3.05, 3.63) is 0 Å². The number of hydrogen-bond acceptors (Lipinski definition) is 2. The highest BCUT2D eigenvalue weighted by Gasteiger charge is 2.40. The first-order chi connectivity index (χ1) is 10.9. The summed E-state index contributed by atoms with van der Waals surface area (Å²) in [4.78, 5) is 0. The standard InChI is InChI=1S/C19H41NO2SSi2/c1-16(22-25(11,12)19(5,6)7)17(14-13-15-24(8,9)10)20-23(21)18(2,3)4/h16-17,20H,14H2,1-12H3/t16-,17?,23-/m0/s1. The minimum absolute atomic E-state index is 0.0249. The Morgan fingerprint density at radius 3 is 1.88 bits per heavy atom. The molecule has 0 radical (unpaired) electrons. The number of hydrogen-bond donors (Lipinski definition) is 1. The van der Waals surface area contributed by atoms with Crippen molar-refractivity contribution in [3.8, 4) is 11.5 Å². The van der Waals surface area contributed by atoms with E-state index in [0.29, 0.717) is 6.42 Å². The lowest BCUT2D eigenvalue weighted by Gasteiger charge is -2.40. The van der Waals surface area contributed by atoms with E-state index < -0.39 is 27.4 Å². The molecular weight excluding hydrogens is 362 g/mol. The van der Waals surface area contributed by atoms with E-state index in [1.807, 2.05) is 20.8 Å². The molecule has 0 aliphatic heterocycles. The topological polar surface area (TPSA) is 38.3 Å². The number of rotatable bonds is 6. The van der Waals surface area contributed by atoms with Gasteiger partial charge in [0.05, 0.1) is 27.9 Å². The summed E-state index contributed by atoms with van der Waals surface area (Å²) in [5.41, 5.74) is 3.42. The van der Waals surface area contributed by atoms with Crippen LogP contribution in [0.25, 0.3) is 0 Å². The van der Waals surface area contributed by atoms with E-state index in [4.69, 9.17) is 4.43 Å². The van der Waals surface area contributed by atoms with Gasteiger partial charge < -0.3 is 4.43 Å². The molecule has 148 valence electrons. The third kappa shape index (κ3) is 9.53. The molecule has 0 saturated carbocycles. The van der Waals surface area contributed by atoms with Gasteiger partial charge in [-0.2, -0.15) is 0 Å². The number of nitrogens with one attached hydrogen (secondary N) is 1. The van der Waals surface area contributed by atoms with Gasteiger partial charge in [0.2, 0.25) is 0 Å². The fourth-order valence-corrected chi connectivity index (χ4v) is 4.75. The van der Waals surface area contributed by atoms with Crippen LogP contribution in [-0.4, -0.2) is 37.5 Å². The Morgan fingerprint density at radius 2 is 1.52 bits per heavy atom. The molecule has 0 fully saturated rings. The van der Waals surface area contributed by atoms with Crippen LogP contribution in [0.15, 0.2) is 0 Å². The highest BCUT2D eigenvalue weighted by atomic mass is 32.2. The van der Waals surface area contributed by atoms with Gasteiger partial charge in [0.25, 0.3) is 0 Å². The molecule has 0 amide bonds. The van der Waals surface area contributed by atoms with E-state index in [2.05, 4.69) is 76.6 Å². The highest BCUT2D eigenvalue weighted by molar-refractivity contribution is 7.84. The van der Waals surface area contributed by atoms with Crippen LogP contribution in [0.4, 0.5) is 0 Å². The molecule has 1 unspecified atom stereocenters. The van der Waals surface area contributed by atoms with Gasteiger partial charge in [0, 0.05) is 6.42 Å². The Kier molecular flexibility index (Phi) is 8.86. The fraction of sp³-hybridized carbons (Fsp3) is 0.895. The van der Waals surface area contributed by atoms with Gasteiger partial charge in [0.1, 0.15) is 8.07 Å². The molecule has 0 aliphatic rings. The van der Waals surface area contributed by atoms with Crippen LogP contribution in [0.1, 0.15) is 54.9 Å². The van der Waals surface area contributed by atoms with Crippen molar-refractivity contribution in [1.82, 2.24) is 4.72 Å². The Balaban J connectivity index is 5.35. The lowest BCUT2D eigenvalue weighted by molar-refractivity contribution is 0.164. The summed E-state index contributed by atoms with van der Waals surface area (Å²) in [5.74, 6) is 3.34. The normalized spacial score (nSPS) is 17.4. The fourth-order valence-electron chi connectivity index (χ4n) is 1.77. The summed E-state index contributed by atoms with van der Waals surface area (Å²) < 4.78 is 22.2. The first-order valence-electron chi connectivity index (χ1n) is 9.23. The summed E-state index contributed by atoms with van der Waals surface area (Å²) in [6.45, 7) is 26.0. The minimum atomic E-state index is -1.88. The maximum Gasteiger partial charge on any atom is 0.192 e. The molecule has 0 bridgehead atoms. The molecule has 3 nitrogen and oxygen atoms in total. The third-order valence-corrected chi connectivity index (χ3v) is 11.6. The van der Waals surface area contributed by atoms with Crippen molar-refractivity contribution in [2.75, 3.05) is 0 Å². The largest absolute Gasteiger partial charge is 0.413 e. The van der Waals surface area contributed by atoms with Crippen molar-refractivity contribution < 1.29 is 8.63 Å². The Bertz CT molecular complexity index is 517. The quantitative estimate of drug-likeness (QED) is 0.495. The van der Waals surface area contributed by atoms with E-state index in [-0.39, 0.29) is 21.9 Å². The highest BCUT2D eigenvalue weighted by Crippen LogP contribution is 2.37. The van der Waals surface area contributed by atoms with Crippen LogP contribution < -0.4 is 4.72 Å². The van der Waals surface area contributed by atoms with Crippen molar-refractivity contribution >= 4 is 27.4 Å². The summed E-state index contributed by atoms with van der Waals surface area (Å²) >= 11 is 0. The first kappa shape index (κ1) is 25.1. The molecule has 6 heteroatoms. The minimum Gasteiger partial charge on any atom is -0.413 e. The molecule has 25 heavy (non-hydrogen) atoms. The average molecular weight is 404 g/mol. The van der Waals surface area contributed by atoms with Gasteiger partial charge in [-0.25, -0.2) is 8.93 Å². The average Bonchev–Trinajstić information content (AvgIpc) is 2.32. The second kappa shape index (κ2) is 8.83. The Hall–Kier alpha value is 0.0638. The molecule has 3 atom stereocenters. The lowest BCUT2D eigenvalue weighted by atomic mass is 10.1. The van der Waals surface area contributed by atoms with Gasteiger partial charge in [-0.05, 0) is 45.8 Å². The molecule has 0 saturated heterocycles. The molecule has 0 aliphatic carbocycles. The van der Waals surface area contributed by atoms with Gasteiger partial charge in [-0.15, -0.1) is 11.5 Å². The summed E-state index contributed by atoms with van der Waals surface area (Å²) in [6.07, 6.45) is 0.644. The maximum atomic E-state index is 12.6. The molecule has 1 N–H and O–H groups in total. The predicted molar refractivity (Wildman–Crippen MR) is 118 cm³/mol. The van der Waals surface area contributed by atoms with Gasteiger partial charge in [0.15, 0.2) is 8.32 Å². The van der Waals surface area contributed by atoms with Crippen molar-refractivity contribution in [2.24, 2.45) is 0 Å². The monoisotopic (exact) mass is 403 g/mol. The zero-order valence-electron chi connectivity index (χ0n) is 18.6. The molecule has 0 aromatic heterocycles. The van der Waals surface area contributed by atoms with Crippen molar-refractivity contribution in [3.63, 3.8) is 0 Å². The predicted octanol–water partition coefficient (Wildman–Crippen LogP) is 5.09. The first-order valence-corrected chi connectivity index (χ1v) is 16.8. The molecule has 0 heterocycles. The molecule has 0 aromatic rings. The SMILES string of the molecule is C[C@H](O[Si](C)(C)C(C)(C)C)C(CC#C[Si](C)(C)C)N[S@@](=O)C(C)(C)C. The molecule has 0 aromatic carbocycles. The van der Waals surface area contributed by atoms with Crippen LogP contribution in [0, 0.1) is 11.5 Å². The summed E-state index contributed by atoms with van der Waals surface area (Å²) in [7, 11) is -4.42. The summed E-state index contributed by atoms with van der Waals surface area (Å²) in [6, 6.07) is -0.0296. The van der Waals surface area contributed by atoms with E-state index >= 15 is 0 Å². The van der Waals surface area contributed by atoms with E-state index in [1.165, 1.54) is 0 Å². The zero-order chi connectivity index (χ0) is 20.3. The van der Waals surface area contributed by atoms with Gasteiger partial charge in [-0.1, -0.05) is 40.4 Å². The Labute approximate surface area is 161 Å². The van der Waals surface area contributed by atoms with Crippen molar-refractivity contribution in [1.29, 1.82) is 0 Å². The van der Waals surface area contributed by atoms with Crippen LogP contribution in [0.3, 0.4) is 0 Å². The van der Waals surface area contributed by atoms with E-state index in [1.54, 1.807) is 0 Å². The second-order valence-corrected chi connectivity index (χ2v) is 21.9. The van der Waals surface area contributed by atoms with E-state index in [0.717, 1.165) is 0 Å². The van der Waals surface area contributed by atoms with Crippen molar-refractivity contribution in [2.45, 2.75) is 110 Å². The zero-order valence-corrected chi connectivity index (χ0v) is 21.4. The molecular formula is C19H41NO2SSi2. The summed E-state index contributed by atoms with van der Waals surface area (Å²) in [5, 5.41) is 0.152. The maximum absolute atomic E-state index is 12.6. The third-order valence-electron chi connectivity index (χ3n) is 4.45. The molecule has 0 rings (SSSR count). The van der Waals surface area contributed by atoms with Crippen LogP contribution in [0.5, 0.6) is 0 Å². The second-order valence-electron chi connectivity index (χ2n) is 10.4. The smallest absolute Gasteiger partial charge is 0.192 e. The van der Waals surface area contributed by atoms with Gasteiger partial charge >= 0.3 is 0 Å².